The SMILES string of the molecule is CC(C)NC(=O)C(C)NC(=O)C(C#N)Cc1ccccc1. The van der Waals surface area contributed by atoms with Crippen LogP contribution in [0.3, 0.4) is 0 Å². The summed E-state index contributed by atoms with van der Waals surface area (Å²) < 4.78 is 0. The van der Waals surface area contributed by atoms with Gasteiger partial charge in [0, 0.05) is 6.04 Å². The monoisotopic (exact) mass is 287 g/mol. The average Bonchev–Trinajstić information content (AvgIpc) is 2.44. The standard InChI is InChI=1S/C16H21N3O2/c1-11(2)18-15(20)12(3)19-16(21)14(10-17)9-13-7-5-4-6-8-13/h4-8,11-12,14H,9H2,1-3H3,(H,18,20)(H,19,21). The summed E-state index contributed by atoms with van der Waals surface area (Å²) in [5.41, 5.74) is 0.915. The summed E-state index contributed by atoms with van der Waals surface area (Å²) in [5.74, 6) is -1.48. The minimum Gasteiger partial charge on any atom is -0.352 e. The van der Waals surface area contributed by atoms with Crippen molar-refractivity contribution in [3.63, 3.8) is 0 Å². The van der Waals surface area contributed by atoms with E-state index in [0.29, 0.717) is 6.42 Å². The highest BCUT2D eigenvalue weighted by Gasteiger charge is 2.23. The van der Waals surface area contributed by atoms with Crippen molar-refractivity contribution in [1.82, 2.24) is 10.6 Å². The summed E-state index contributed by atoms with van der Waals surface area (Å²) in [6.07, 6.45) is 0.335. The molecule has 112 valence electrons. The van der Waals surface area contributed by atoms with Crippen LogP contribution < -0.4 is 10.6 Å². The Bertz CT molecular complexity index is 520. The molecule has 2 amide bonds. The van der Waals surface area contributed by atoms with Crippen molar-refractivity contribution in [2.24, 2.45) is 5.92 Å². The molecule has 0 heterocycles. The predicted octanol–water partition coefficient (Wildman–Crippen LogP) is 1.40. The van der Waals surface area contributed by atoms with Gasteiger partial charge in [0.15, 0.2) is 0 Å². The molecule has 1 aromatic carbocycles. The maximum absolute atomic E-state index is 12.1. The summed E-state index contributed by atoms with van der Waals surface area (Å²) in [6.45, 7) is 5.30. The van der Waals surface area contributed by atoms with E-state index in [4.69, 9.17) is 5.26 Å². The number of benzene rings is 1. The molecule has 2 unspecified atom stereocenters. The summed E-state index contributed by atoms with van der Waals surface area (Å²) in [6, 6.07) is 10.7. The molecule has 0 fully saturated rings. The van der Waals surface area contributed by atoms with Crippen LogP contribution in [0.2, 0.25) is 0 Å². The normalized spacial score (nSPS) is 13.1. The second-order valence-corrected chi connectivity index (χ2v) is 5.26. The highest BCUT2D eigenvalue weighted by atomic mass is 16.2. The van der Waals surface area contributed by atoms with Crippen LogP contribution in [0.15, 0.2) is 30.3 Å². The van der Waals surface area contributed by atoms with Crippen molar-refractivity contribution in [1.29, 1.82) is 5.26 Å². The smallest absolute Gasteiger partial charge is 0.242 e. The number of carbonyl (C=O) groups excluding carboxylic acids is 2. The summed E-state index contributed by atoms with van der Waals surface area (Å²) >= 11 is 0. The molecule has 0 aliphatic heterocycles. The number of amides is 2. The Balaban J connectivity index is 2.60. The van der Waals surface area contributed by atoms with E-state index in [-0.39, 0.29) is 11.9 Å². The van der Waals surface area contributed by atoms with Gasteiger partial charge in [0.1, 0.15) is 12.0 Å². The van der Waals surface area contributed by atoms with Gasteiger partial charge in [-0.3, -0.25) is 9.59 Å². The number of nitrogens with zero attached hydrogens (tertiary/aromatic N) is 1. The molecule has 0 aromatic heterocycles. The molecule has 0 spiro atoms. The van der Waals surface area contributed by atoms with Gasteiger partial charge in [-0.05, 0) is 32.8 Å². The fourth-order valence-electron chi connectivity index (χ4n) is 1.84. The van der Waals surface area contributed by atoms with Crippen molar-refractivity contribution in [2.45, 2.75) is 39.3 Å². The van der Waals surface area contributed by atoms with E-state index in [2.05, 4.69) is 10.6 Å². The van der Waals surface area contributed by atoms with E-state index in [1.165, 1.54) is 0 Å². The molecule has 0 bridgehead atoms. The van der Waals surface area contributed by atoms with E-state index >= 15 is 0 Å². The Morgan fingerprint density at radius 3 is 2.24 bits per heavy atom. The molecule has 1 rings (SSSR count). The highest BCUT2D eigenvalue weighted by molar-refractivity contribution is 5.89. The molecule has 2 atom stereocenters. The average molecular weight is 287 g/mol. The topological polar surface area (TPSA) is 82.0 Å². The molecular weight excluding hydrogens is 266 g/mol. The third kappa shape index (κ3) is 5.65. The Labute approximate surface area is 125 Å². The lowest BCUT2D eigenvalue weighted by Crippen LogP contribution is -2.48. The van der Waals surface area contributed by atoms with Gasteiger partial charge in [-0.15, -0.1) is 0 Å². The van der Waals surface area contributed by atoms with Crippen LogP contribution in [0, 0.1) is 17.2 Å². The maximum atomic E-state index is 12.1. The van der Waals surface area contributed by atoms with Gasteiger partial charge in [0.25, 0.3) is 0 Å². The van der Waals surface area contributed by atoms with E-state index < -0.39 is 17.9 Å². The Kier molecular flexibility index (Phi) is 6.41. The first kappa shape index (κ1) is 16.7. The zero-order valence-corrected chi connectivity index (χ0v) is 12.6. The van der Waals surface area contributed by atoms with Crippen LogP contribution in [0.1, 0.15) is 26.3 Å². The molecule has 0 aliphatic carbocycles. The minimum atomic E-state index is -0.804. The fraction of sp³-hybridized carbons (Fsp3) is 0.438. The molecule has 0 saturated heterocycles. The Morgan fingerprint density at radius 2 is 1.71 bits per heavy atom. The number of rotatable bonds is 6. The lowest BCUT2D eigenvalue weighted by atomic mass is 9.99. The lowest BCUT2D eigenvalue weighted by molar-refractivity contribution is -0.130. The van der Waals surface area contributed by atoms with Gasteiger partial charge in [-0.1, -0.05) is 30.3 Å². The number of hydrogen-bond donors (Lipinski definition) is 2. The van der Waals surface area contributed by atoms with Gasteiger partial charge in [-0.25, -0.2) is 0 Å². The zero-order valence-electron chi connectivity index (χ0n) is 12.6. The van der Waals surface area contributed by atoms with E-state index in [1.54, 1.807) is 6.92 Å². The second kappa shape index (κ2) is 8.05. The van der Waals surface area contributed by atoms with Gasteiger partial charge < -0.3 is 10.6 Å². The van der Waals surface area contributed by atoms with Crippen LogP contribution in [-0.4, -0.2) is 23.9 Å². The molecule has 1 aromatic rings. The largest absolute Gasteiger partial charge is 0.352 e. The van der Waals surface area contributed by atoms with E-state index in [0.717, 1.165) is 5.56 Å². The van der Waals surface area contributed by atoms with Gasteiger partial charge in [-0.2, -0.15) is 5.26 Å². The van der Waals surface area contributed by atoms with Crippen LogP contribution in [0.25, 0.3) is 0 Å². The summed E-state index contributed by atoms with van der Waals surface area (Å²) in [4.78, 5) is 23.8. The quantitative estimate of drug-likeness (QED) is 0.829. The summed E-state index contributed by atoms with van der Waals surface area (Å²) in [5, 5.41) is 14.4. The molecule has 0 radical (unpaired) electrons. The zero-order chi connectivity index (χ0) is 15.8. The number of nitriles is 1. The molecule has 21 heavy (non-hydrogen) atoms. The highest BCUT2D eigenvalue weighted by Crippen LogP contribution is 2.08. The number of carbonyl (C=O) groups is 2. The summed E-state index contributed by atoms with van der Waals surface area (Å²) in [7, 11) is 0. The first-order chi connectivity index (χ1) is 9.93. The molecule has 0 aliphatic rings. The van der Waals surface area contributed by atoms with Crippen molar-refractivity contribution in [3.05, 3.63) is 35.9 Å². The first-order valence-electron chi connectivity index (χ1n) is 6.98. The van der Waals surface area contributed by atoms with Gasteiger partial charge in [0.2, 0.25) is 11.8 Å². The fourth-order valence-corrected chi connectivity index (χ4v) is 1.84. The van der Waals surface area contributed by atoms with Crippen molar-refractivity contribution in [2.75, 3.05) is 0 Å². The Morgan fingerprint density at radius 1 is 1.10 bits per heavy atom. The lowest BCUT2D eigenvalue weighted by Gasteiger charge is -2.17. The van der Waals surface area contributed by atoms with Crippen molar-refractivity contribution >= 4 is 11.8 Å². The molecule has 2 N–H and O–H groups in total. The Hall–Kier alpha value is -2.35. The first-order valence-corrected chi connectivity index (χ1v) is 6.98. The maximum Gasteiger partial charge on any atom is 0.242 e. The molecular formula is C16H21N3O2. The molecule has 5 heteroatoms. The third-order valence-electron chi connectivity index (χ3n) is 2.94. The number of nitrogens with one attached hydrogen (secondary N) is 2. The van der Waals surface area contributed by atoms with Crippen LogP contribution in [0.4, 0.5) is 0 Å². The van der Waals surface area contributed by atoms with Crippen LogP contribution >= 0.6 is 0 Å². The van der Waals surface area contributed by atoms with Crippen LogP contribution in [-0.2, 0) is 16.0 Å². The van der Waals surface area contributed by atoms with Gasteiger partial charge >= 0.3 is 0 Å². The van der Waals surface area contributed by atoms with Crippen molar-refractivity contribution in [3.8, 4) is 6.07 Å². The minimum absolute atomic E-state index is 0.00735. The van der Waals surface area contributed by atoms with Crippen molar-refractivity contribution < 1.29 is 9.59 Å². The number of hydrogen-bond acceptors (Lipinski definition) is 3. The predicted molar refractivity (Wildman–Crippen MR) is 80.1 cm³/mol. The van der Waals surface area contributed by atoms with Gasteiger partial charge in [0.05, 0.1) is 6.07 Å². The third-order valence-corrected chi connectivity index (χ3v) is 2.94. The van der Waals surface area contributed by atoms with E-state index in [9.17, 15) is 9.59 Å². The molecule has 0 saturated carbocycles. The second-order valence-electron chi connectivity index (χ2n) is 5.26. The van der Waals surface area contributed by atoms with E-state index in [1.807, 2.05) is 50.2 Å². The van der Waals surface area contributed by atoms with Crippen LogP contribution in [0.5, 0.6) is 0 Å². The molecule has 5 nitrogen and oxygen atoms in total.